The molecule has 0 fully saturated rings. The van der Waals surface area contributed by atoms with E-state index in [1.54, 1.807) is 31.2 Å². The van der Waals surface area contributed by atoms with Crippen molar-refractivity contribution in [2.75, 3.05) is 4.72 Å². The SMILES string of the molecule is CCn1cc(S(=O)(=O)Nc2cccc(Br)c2)cc1C(=O)O. The first kappa shape index (κ1) is 15.6. The molecular weight excluding hydrogens is 360 g/mol. The van der Waals surface area contributed by atoms with Crippen LogP contribution in [0.3, 0.4) is 0 Å². The number of hydrogen-bond donors (Lipinski definition) is 2. The molecule has 0 spiro atoms. The molecule has 8 heteroatoms. The monoisotopic (exact) mass is 372 g/mol. The van der Waals surface area contributed by atoms with Gasteiger partial charge >= 0.3 is 5.97 Å². The summed E-state index contributed by atoms with van der Waals surface area (Å²) in [5.74, 6) is -1.17. The Kier molecular flexibility index (Phi) is 4.38. The summed E-state index contributed by atoms with van der Waals surface area (Å²) in [7, 11) is -3.83. The van der Waals surface area contributed by atoms with Crippen molar-refractivity contribution in [2.45, 2.75) is 18.4 Å². The maximum Gasteiger partial charge on any atom is 0.352 e. The van der Waals surface area contributed by atoms with Crippen molar-refractivity contribution in [1.29, 1.82) is 0 Å². The number of aromatic nitrogens is 1. The second-order valence-electron chi connectivity index (χ2n) is 4.27. The average molecular weight is 373 g/mol. The maximum absolute atomic E-state index is 12.3. The summed E-state index contributed by atoms with van der Waals surface area (Å²) in [4.78, 5) is 11.0. The number of sulfonamides is 1. The first-order chi connectivity index (χ1) is 9.83. The fraction of sp³-hybridized carbons (Fsp3) is 0.154. The van der Waals surface area contributed by atoms with Crippen LogP contribution in [0.15, 0.2) is 45.9 Å². The van der Waals surface area contributed by atoms with Crippen molar-refractivity contribution in [2.24, 2.45) is 0 Å². The van der Waals surface area contributed by atoms with Crippen LogP contribution in [-0.4, -0.2) is 24.1 Å². The Morgan fingerprint density at radius 1 is 1.38 bits per heavy atom. The van der Waals surface area contributed by atoms with Crippen molar-refractivity contribution in [3.63, 3.8) is 0 Å². The zero-order valence-electron chi connectivity index (χ0n) is 11.1. The van der Waals surface area contributed by atoms with Crippen LogP contribution in [0.5, 0.6) is 0 Å². The normalized spacial score (nSPS) is 11.3. The van der Waals surface area contributed by atoms with Gasteiger partial charge in [0.25, 0.3) is 10.0 Å². The molecule has 0 unspecified atom stereocenters. The molecule has 0 aliphatic heterocycles. The molecule has 2 aromatic rings. The third-order valence-corrected chi connectivity index (χ3v) is 4.66. The highest BCUT2D eigenvalue weighted by Gasteiger charge is 2.21. The number of anilines is 1. The molecule has 0 aliphatic rings. The van der Waals surface area contributed by atoms with Crippen molar-refractivity contribution >= 4 is 37.6 Å². The average Bonchev–Trinajstić information content (AvgIpc) is 2.83. The number of aromatic carboxylic acids is 1. The molecule has 0 amide bonds. The summed E-state index contributed by atoms with van der Waals surface area (Å²) in [5, 5.41) is 9.06. The van der Waals surface area contributed by atoms with E-state index in [2.05, 4.69) is 20.7 Å². The van der Waals surface area contributed by atoms with Crippen molar-refractivity contribution in [3.05, 3.63) is 46.7 Å². The Morgan fingerprint density at radius 3 is 2.62 bits per heavy atom. The summed E-state index contributed by atoms with van der Waals surface area (Å²) < 4.78 is 29.1. The molecule has 0 saturated heterocycles. The van der Waals surface area contributed by atoms with E-state index in [1.165, 1.54) is 10.8 Å². The van der Waals surface area contributed by atoms with Gasteiger partial charge < -0.3 is 9.67 Å². The second-order valence-corrected chi connectivity index (χ2v) is 6.87. The van der Waals surface area contributed by atoms with Crippen LogP contribution < -0.4 is 4.72 Å². The largest absolute Gasteiger partial charge is 0.477 e. The molecule has 0 atom stereocenters. The molecule has 1 aromatic heterocycles. The highest BCUT2D eigenvalue weighted by Crippen LogP contribution is 2.21. The second kappa shape index (κ2) is 5.90. The molecular formula is C13H13BrN2O4S. The van der Waals surface area contributed by atoms with Crippen molar-refractivity contribution in [1.82, 2.24) is 4.57 Å². The van der Waals surface area contributed by atoms with Gasteiger partial charge in [0.05, 0.1) is 0 Å². The predicted octanol–water partition coefficient (Wildman–Crippen LogP) is 2.77. The van der Waals surface area contributed by atoms with Crippen molar-refractivity contribution in [3.8, 4) is 0 Å². The van der Waals surface area contributed by atoms with Gasteiger partial charge in [0.15, 0.2) is 0 Å². The summed E-state index contributed by atoms with van der Waals surface area (Å²) in [5.41, 5.74) is 0.331. The number of carbonyl (C=O) groups is 1. The smallest absolute Gasteiger partial charge is 0.352 e. The van der Waals surface area contributed by atoms with Gasteiger partial charge in [-0.25, -0.2) is 13.2 Å². The molecule has 6 nitrogen and oxygen atoms in total. The van der Waals surface area contributed by atoms with Gasteiger partial charge in [-0.15, -0.1) is 0 Å². The Bertz CT molecular complexity index is 783. The number of carboxylic acid groups (broad SMARTS) is 1. The quantitative estimate of drug-likeness (QED) is 0.844. The van der Waals surface area contributed by atoms with E-state index in [9.17, 15) is 13.2 Å². The van der Waals surface area contributed by atoms with Gasteiger partial charge in [0.1, 0.15) is 10.6 Å². The Labute approximate surface area is 130 Å². The van der Waals surface area contributed by atoms with Gasteiger partial charge in [-0.05, 0) is 31.2 Å². The molecule has 2 N–H and O–H groups in total. The summed E-state index contributed by atoms with van der Waals surface area (Å²) >= 11 is 3.26. The standard InChI is InChI=1S/C13H13BrN2O4S/c1-2-16-8-11(7-12(16)13(17)18)21(19,20)15-10-5-3-4-9(14)6-10/h3-8,15H,2H2,1H3,(H,17,18). The molecule has 0 aliphatic carbocycles. The van der Waals surface area contributed by atoms with E-state index < -0.39 is 16.0 Å². The predicted molar refractivity (Wildman–Crippen MR) is 82.0 cm³/mol. The van der Waals surface area contributed by atoms with Crippen LogP contribution in [0.4, 0.5) is 5.69 Å². The van der Waals surface area contributed by atoms with Crippen LogP contribution >= 0.6 is 15.9 Å². The van der Waals surface area contributed by atoms with Crippen LogP contribution in [-0.2, 0) is 16.6 Å². The van der Waals surface area contributed by atoms with Crippen LogP contribution in [0.25, 0.3) is 0 Å². The number of aryl methyl sites for hydroxylation is 1. The summed E-state index contributed by atoms with van der Waals surface area (Å²) in [6.07, 6.45) is 1.31. The summed E-state index contributed by atoms with van der Waals surface area (Å²) in [6.45, 7) is 2.11. The minimum absolute atomic E-state index is 0.0629. The number of nitrogens with one attached hydrogen (secondary N) is 1. The van der Waals surface area contributed by atoms with E-state index in [0.29, 0.717) is 12.2 Å². The molecule has 0 bridgehead atoms. The van der Waals surface area contributed by atoms with Crippen molar-refractivity contribution < 1.29 is 18.3 Å². The first-order valence-corrected chi connectivity index (χ1v) is 8.33. The highest BCUT2D eigenvalue weighted by atomic mass is 79.9. The zero-order chi connectivity index (χ0) is 15.6. The molecule has 112 valence electrons. The Morgan fingerprint density at radius 2 is 2.10 bits per heavy atom. The van der Waals surface area contributed by atoms with Gasteiger partial charge in [-0.3, -0.25) is 4.72 Å². The van der Waals surface area contributed by atoms with Crippen LogP contribution in [0, 0.1) is 0 Å². The van der Waals surface area contributed by atoms with Gasteiger partial charge in [-0.2, -0.15) is 0 Å². The minimum atomic E-state index is -3.83. The van der Waals surface area contributed by atoms with Gasteiger partial charge in [0.2, 0.25) is 0 Å². The van der Waals surface area contributed by atoms with E-state index in [0.717, 1.165) is 10.5 Å². The molecule has 1 aromatic carbocycles. The number of nitrogens with zero attached hydrogens (tertiary/aromatic N) is 1. The molecule has 2 rings (SSSR count). The number of rotatable bonds is 5. The lowest BCUT2D eigenvalue weighted by Gasteiger charge is -2.06. The van der Waals surface area contributed by atoms with E-state index in [-0.39, 0.29) is 10.6 Å². The highest BCUT2D eigenvalue weighted by molar-refractivity contribution is 9.10. The topological polar surface area (TPSA) is 88.4 Å². The molecule has 1 heterocycles. The third-order valence-electron chi connectivity index (χ3n) is 2.82. The maximum atomic E-state index is 12.3. The van der Waals surface area contributed by atoms with Gasteiger partial charge in [0, 0.05) is 22.9 Å². The Balaban J connectivity index is 2.38. The first-order valence-electron chi connectivity index (χ1n) is 6.05. The fourth-order valence-corrected chi connectivity index (χ4v) is 3.32. The lowest BCUT2D eigenvalue weighted by atomic mass is 10.3. The van der Waals surface area contributed by atoms with Crippen LogP contribution in [0.1, 0.15) is 17.4 Å². The molecule has 0 radical (unpaired) electrons. The number of benzene rings is 1. The molecule has 21 heavy (non-hydrogen) atoms. The summed E-state index contributed by atoms with van der Waals surface area (Å²) in [6, 6.07) is 7.84. The number of hydrogen-bond acceptors (Lipinski definition) is 3. The zero-order valence-corrected chi connectivity index (χ0v) is 13.5. The Hall–Kier alpha value is -1.80. The number of halogens is 1. The lowest BCUT2D eigenvalue weighted by molar-refractivity contribution is 0.0685. The van der Waals surface area contributed by atoms with Gasteiger partial charge in [-0.1, -0.05) is 22.0 Å². The third kappa shape index (κ3) is 3.45. The van der Waals surface area contributed by atoms with Crippen LogP contribution in [0.2, 0.25) is 0 Å². The minimum Gasteiger partial charge on any atom is -0.477 e. The fourth-order valence-electron chi connectivity index (χ4n) is 1.84. The van der Waals surface area contributed by atoms with E-state index in [1.807, 2.05) is 0 Å². The van der Waals surface area contributed by atoms with E-state index >= 15 is 0 Å². The molecule has 0 saturated carbocycles. The lowest BCUT2D eigenvalue weighted by Crippen LogP contribution is -2.12. The number of carboxylic acids is 1. The van der Waals surface area contributed by atoms with E-state index in [4.69, 9.17) is 5.11 Å².